The second-order valence-electron chi connectivity index (χ2n) is 2.79. The van der Waals surface area contributed by atoms with Crippen LogP contribution in [0.3, 0.4) is 0 Å². The highest BCUT2D eigenvalue weighted by molar-refractivity contribution is 8.00. The van der Waals surface area contributed by atoms with Gasteiger partial charge in [0.2, 0.25) is 0 Å². The molecule has 0 aromatic rings. The molecule has 0 saturated heterocycles. The Morgan fingerprint density at radius 3 is 2.30 bits per heavy atom. The Morgan fingerprint density at radius 2 is 2.00 bits per heavy atom. The fourth-order valence-corrected chi connectivity index (χ4v) is 2.17. The van der Waals surface area contributed by atoms with Gasteiger partial charge in [-0.3, -0.25) is 0 Å². The second-order valence-corrected chi connectivity index (χ2v) is 4.67. The fourth-order valence-electron chi connectivity index (χ4n) is 0.939. The summed E-state index contributed by atoms with van der Waals surface area (Å²) < 4.78 is 0. The molecular weight excluding hydrogens is 142 g/mol. The highest BCUT2D eigenvalue weighted by Gasteiger charge is 2.06. The van der Waals surface area contributed by atoms with Crippen LogP contribution >= 0.6 is 11.8 Å². The van der Waals surface area contributed by atoms with Gasteiger partial charge in [-0.2, -0.15) is 11.8 Å². The average Bonchev–Trinajstić information content (AvgIpc) is 1.86. The van der Waals surface area contributed by atoms with Crippen LogP contribution in [-0.2, 0) is 0 Å². The molecule has 0 spiro atoms. The Labute approximate surface area is 68.8 Å². The first-order valence-corrected chi connectivity index (χ1v) is 5.00. The van der Waals surface area contributed by atoms with Crippen molar-refractivity contribution in [2.45, 2.75) is 44.1 Å². The average molecular weight is 161 g/mol. The van der Waals surface area contributed by atoms with Gasteiger partial charge in [-0.25, -0.2) is 0 Å². The number of nitrogens with two attached hydrogens (primary N) is 1. The molecule has 0 aromatic carbocycles. The molecule has 0 aromatic heterocycles. The highest BCUT2D eigenvalue weighted by atomic mass is 32.2. The zero-order valence-electron chi connectivity index (χ0n) is 7.26. The standard InChI is InChI=1S/C8H19NS/c1-4-8(5-6-9)10-7(2)3/h7-8H,4-6,9H2,1-3H3. The number of thioether (sulfide) groups is 1. The topological polar surface area (TPSA) is 26.0 Å². The molecule has 0 aliphatic carbocycles. The van der Waals surface area contributed by atoms with E-state index < -0.39 is 0 Å². The number of hydrogen-bond acceptors (Lipinski definition) is 2. The predicted molar refractivity (Wildman–Crippen MR) is 50.5 cm³/mol. The molecule has 2 N–H and O–H groups in total. The van der Waals surface area contributed by atoms with E-state index in [9.17, 15) is 0 Å². The van der Waals surface area contributed by atoms with Crippen molar-refractivity contribution in [3.63, 3.8) is 0 Å². The van der Waals surface area contributed by atoms with Crippen molar-refractivity contribution in [2.24, 2.45) is 5.73 Å². The summed E-state index contributed by atoms with van der Waals surface area (Å²) in [7, 11) is 0. The summed E-state index contributed by atoms with van der Waals surface area (Å²) in [4.78, 5) is 0. The maximum Gasteiger partial charge on any atom is 0.00589 e. The molecule has 0 saturated carbocycles. The molecule has 0 aliphatic heterocycles. The molecule has 0 aliphatic rings. The lowest BCUT2D eigenvalue weighted by atomic mass is 10.2. The van der Waals surface area contributed by atoms with Crippen LogP contribution in [0.25, 0.3) is 0 Å². The van der Waals surface area contributed by atoms with Crippen LogP contribution in [0.15, 0.2) is 0 Å². The monoisotopic (exact) mass is 161 g/mol. The lowest BCUT2D eigenvalue weighted by Crippen LogP contribution is -2.11. The molecule has 2 heteroatoms. The molecule has 62 valence electrons. The molecule has 0 radical (unpaired) electrons. The van der Waals surface area contributed by atoms with Crippen molar-refractivity contribution in [3.05, 3.63) is 0 Å². The molecule has 10 heavy (non-hydrogen) atoms. The Morgan fingerprint density at radius 1 is 1.40 bits per heavy atom. The maximum absolute atomic E-state index is 5.47. The van der Waals surface area contributed by atoms with E-state index in [0.717, 1.165) is 17.0 Å². The van der Waals surface area contributed by atoms with E-state index >= 15 is 0 Å². The molecule has 0 amide bonds. The minimum absolute atomic E-state index is 0.747. The lowest BCUT2D eigenvalue weighted by Gasteiger charge is -2.15. The minimum Gasteiger partial charge on any atom is -0.330 e. The van der Waals surface area contributed by atoms with Crippen molar-refractivity contribution in [2.75, 3.05) is 6.54 Å². The third-order valence-corrected chi connectivity index (χ3v) is 2.91. The van der Waals surface area contributed by atoms with Gasteiger partial charge in [0.1, 0.15) is 0 Å². The van der Waals surface area contributed by atoms with E-state index in [0.29, 0.717) is 0 Å². The van der Waals surface area contributed by atoms with Crippen LogP contribution in [-0.4, -0.2) is 17.0 Å². The Hall–Kier alpha value is 0.310. The van der Waals surface area contributed by atoms with Crippen LogP contribution in [0.2, 0.25) is 0 Å². The summed E-state index contributed by atoms with van der Waals surface area (Å²) >= 11 is 2.04. The first-order valence-electron chi connectivity index (χ1n) is 4.06. The van der Waals surface area contributed by atoms with Gasteiger partial charge in [-0.1, -0.05) is 20.8 Å². The smallest absolute Gasteiger partial charge is 0.00589 e. The summed E-state index contributed by atoms with van der Waals surface area (Å²) in [5, 5.41) is 1.53. The van der Waals surface area contributed by atoms with Gasteiger partial charge in [0.25, 0.3) is 0 Å². The van der Waals surface area contributed by atoms with Crippen molar-refractivity contribution in [1.29, 1.82) is 0 Å². The van der Waals surface area contributed by atoms with E-state index in [1.165, 1.54) is 12.8 Å². The number of hydrogen-bond donors (Lipinski definition) is 1. The highest BCUT2D eigenvalue weighted by Crippen LogP contribution is 2.21. The second kappa shape index (κ2) is 6.05. The van der Waals surface area contributed by atoms with Gasteiger partial charge in [-0.15, -0.1) is 0 Å². The summed E-state index contributed by atoms with van der Waals surface area (Å²) in [6, 6.07) is 0. The van der Waals surface area contributed by atoms with Crippen LogP contribution in [0, 0.1) is 0 Å². The third-order valence-electron chi connectivity index (χ3n) is 1.41. The summed E-state index contributed by atoms with van der Waals surface area (Å²) in [5.74, 6) is 0. The Kier molecular flexibility index (Phi) is 6.24. The van der Waals surface area contributed by atoms with Gasteiger partial charge in [-0.05, 0) is 24.6 Å². The summed E-state index contributed by atoms with van der Waals surface area (Å²) in [6.07, 6.45) is 2.42. The molecule has 1 nitrogen and oxygen atoms in total. The molecule has 0 fully saturated rings. The van der Waals surface area contributed by atoms with E-state index in [-0.39, 0.29) is 0 Å². The molecular formula is C8H19NS. The normalized spacial score (nSPS) is 14.1. The van der Waals surface area contributed by atoms with E-state index in [1.807, 2.05) is 11.8 Å². The molecule has 0 bridgehead atoms. The SMILES string of the molecule is CCC(CCN)SC(C)C. The van der Waals surface area contributed by atoms with Gasteiger partial charge >= 0.3 is 0 Å². The van der Waals surface area contributed by atoms with E-state index in [1.54, 1.807) is 0 Å². The molecule has 1 atom stereocenters. The van der Waals surface area contributed by atoms with Crippen molar-refractivity contribution < 1.29 is 0 Å². The van der Waals surface area contributed by atoms with Crippen molar-refractivity contribution >= 4 is 11.8 Å². The Balaban J connectivity index is 3.39. The molecule has 1 unspecified atom stereocenters. The quantitative estimate of drug-likeness (QED) is 0.669. The maximum atomic E-state index is 5.47. The van der Waals surface area contributed by atoms with Gasteiger partial charge < -0.3 is 5.73 Å². The third kappa shape index (κ3) is 5.12. The van der Waals surface area contributed by atoms with Crippen LogP contribution in [0.1, 0.15) is 33.6 Å². The summed E-state index contributed by atoms with van der Waals surface area (Å²) in [5.41, 5.74) is 5.47. The number of rotatable bonds is 5. The van der Waals surface area contributed by atoms with Crippen molar-refractivity contribution in [3.8, 4) is 0 Å². The molecule has 0 rings (SSSR count). The van der Waals surface area contributed by atoms with Gasteiger partial charge in [0, 0.05) is 5.25 Å². The van der Waals surface area contributed by atoms with Crippen molar-refractivity contribution in [1.82, 2.24) is 0 Å². The first-order chi connectivity index (χ1) is 4.70. The van der Waals surface area contributed by atoms with Crippen LogP contribution in [0.4, 0.5) is 0 Å². The van der Waals surface area contributed by atoms with E-state index in [4.69, 9.17) is 5.73 Å². The lowest BCUT2D eigenvalue weighted by molar-refractivity contribution is 0.742. The van der Waals surface area contributed by atoms with Gasteiger partial charge in [0.15, 0.2) is 0 Å². The zero-order chi connectivity index (χ0) is 7.98. The minimum atomic E-state index is 0.747. The van der Waals surface area contributed by atoms with Gasteiger partial charge in [0.05, 0.1) is 0 Å². The zero-order valence-corrected chi connectivity index (χ0v) is 8.08. The van der Waals surface area contributed by atoms with Crippen LogP contribution in [0.5, 0.6) is 0 Å². The Bertz CT molecular complexity index is 73.7. The molecule has 0 heterocycles. The largest absolute Gasteiger partial charge is 0.330 e. The van der Waals surface area contributed by atoms with Crippen LogP contribution < -0.4 is 5.73 Å². The fraction of sp³-hybridized carbons (Fsp3) is 1.00. The van der Waals surface area contributed by atoms with E-state index in [2.05, 4.69) is 20.8 Å². The summed E-state index contributed by atoms with van der Waals surface area (Å²) in [6.45, 7) is 7.54. The predicted octanol–water partition coefficient (Wildman–Crippen LogP) is 2.26. The first kappa shape index (κ1) is 10.3.